The molecule has 1 saturated heterocycles. The van der Waals surface area contributed by atoms with Gasteiger partial charge in [0.25, 0.3) is 0 Å². The maximum atomic E-state index is 12.2. The Labute approximate surface area is 163 Å². The number of carbonyl (C=O) groups is 1. The van der Waals surface area contributed by atoms with Gasteiger partial charge in [0, 0.05) is 30.6 Å². The normalized spacial score (nSPS) is 17.5. The van der Waals surface area contributed by atoms with Crippen LogP contribution in [0.15, 0.2) is 52.8 Å². The van der Waals surface area contributed by atoms with E-state index >= 15 is 0 Å². The van der Waals surface area contributed by atoms with Gasteiger partial charge in [-0.25, -0.2) is 0 Å². The van der Waals surface area contributed by atoms with E-state index in [0.29, 0.717) is 13.0 Å². The van der Waals surface area contributed by atoms with Crippen molar-refractivity contribution >= 4 is 52.9 Å². The van der Waals surface area contributed by atoms with Crippen molar-refractivity contribution in [2.24, 2.45) is 4.99 Å². The number of benzene rings is 1. The van der Waals surface area contributed by atoms with Crippen molar-refractivity contribution in [2.75, 3.05) is 18.5 Å². The number of rotatable bonds is 4. The van der Waals surface area contributed by atoms with Crippen molar-refractivity contribution in [2.45, 2.75) is 19.0 Å². The van der Waals surface area contributed by atoms with Crippen LogP contribution in [0.1, 0.15) is 11.3 Å². The molecule has 0 bridgehead atoms. The first-order chi connectivity index (χ1) is 11.3. The van der Waals surface area contributed by atoms with Gasteiger partial charge in [0.1, 0.15) is 0 Å². The second-order valence-electron chi connectivity index (χ2n) is 5.39. The van der Waals surface area contributed by atoms with E-state index in [4.69, 9.17) is 0 Å². The highest BCUT2D eigenvalue weighted by Gasteiger charge is 2.30. The Morgan fingerprint density at radius 2 is 2.08 bits per heavy atom. The first-order valence-electron chi connectivity index (χ1n) is 7.61. The van der Waals surface area contributed by atoms with E-state index in [1.165, 1.54) is 4.88 Å². The molecule has 24 heavy (non-hydrogen) atoms. The zero-order valence-corrected chi connectivity index (χ0v) is 16.6. The van der Waals surface area contributed by atoms with Gasteiger partial charge in [-0.15, -0.1) is 35.3 Å². The van der Waals surface area contributed by atoms with E-state index in [0.717, 1.165) is 18.2 Å². The van der Waals surface area contributed by atoms with Crippen LogP contribution in [0.25, 0.3) is 0 Å². The van der Waals surface area contributed by atoms with Crippen LogP contribution < -0.4 is 15.5 Å². The maximum absolute atomic E-state index is 12.2. The van der Waals surface area contributed by atoms with Crippen LogP contribution in [-0.2, 0) is 11.3 Å². The number of guanidine groups is 1. The Morgan fingerprint density at radius 3 is 2.75 bits per heavy atom. The number of aliphatic imine (C=N–C) groups is 1. The molecule has 2 N–H and O–H groups in total. The lowest BCUT2D eigenvalue weighted by Crippen LogP contribution is -2.44. The molecule has 1 fully saturated rings. The molecule has 1 atom stereocenters. The highest BCUT2D eigenvalue weighted by molar-refractivity contribution is 14.0. The number of amides is 1. The molecule has 1 aliphatic rings. The second-order valence-corrected chi connectivity index (χ2v) is 6.42. The molecule has 0 saturated carbocycles. The third kappa shape index (κ3) is 4.70. The molecular formula is C17H21IN4OS. The molecule has 0 spiro atoms. The Kier molecular flexibility index (Phi) is 7.04. The molecule has 1 aliphatic heterocycles. The van der Waals surface area contributed by atoms with Gasteiger partial charge < -0.3 is 15.5 Å². The number of nitrogens with one attached hydrogen (secondary N) is 2. The summed E-state index contributed by atoms with van der Waals surface area (Å²) in [6.45, 7) is 1.39. The van der Waals surface area contributed by atoms with Gasteiger partial charge in [-0.3, -0.25) is 9.79 Å². The lowest BCUT2D eigenvalue weighted by atomic mass is 10.2. The summed E-state index contributed by atoms with van der Waals surface area (Å²) in [7, 11) is 1.75. The van der Waals surface area contributed by atoms with Crippen LogP contribution in [0.2, 0.25) is 0 Å². The van der Waals surface area contributed by atoms with Crippen LogP contribution in [-0.4, -0.2) is 31.5 Å². The summed E-state index contributed by atoms with van der Waals surface area (Å²) in [6, 6.07) is 14.0. The van der Waals surface area contributed by atoms with Crippen molar-refractivity contribution in [3.05, 3.63) is 52.7 Å². The van der Waals surface area contributed by atoms with Gasteiger partial charge >= 0.3 is 0 Å². The van der Waals surface area contributed by atoms with E-state index in [2.05, 4.69) is 27.1 Å². The Bertz CT molecular complexity index is 675. The molecule has 5 nitrogen and oxygen atoms in total. The minimum absolute atomic E-state index is 0. The van der Waals surface area contributed by atoms with Crippen molar-refractivity contribution in [3.8, 4) is 0 Å². The van der Waals surface area contributed by atoms with Crippen LogP contribution >= 0.6 is 35.3 Å². The number of para-hydroxylation sites is 1. The number of nitrogens with zero attached hydrogens (tertiary/aromatic N) is 2. The highest BCUT2D eigenvalue weighted by atomic mass is 127. The largest absolute Gasteiger partial charge is 0.352 e. The van der Waals surface area contributed by atoms with Crippen LogP contribution in [0.5, 0.6) is 0 Å². The predicted molar refractivity (Wildman–Crippen MR) is 110 cm³/mol. The summed E-state index contributed by atoms with van der Waals surface area (Å²) in [4.78, 5) is 19.5. The van der Waals surface area contributed by atoms with Gasteiger partial charge in [-0.2, -0.15) is 0 Å². The molecule has 0 radical (unpaired) electrons. The molecule has 1 amide bonds. The molecule has 128 valence electrons. The molecular weight excluding hydrogens is 435 g/mol. The Hall–Kier alpha value is -1.61. The molecule has 2 heterocycles. The molecule has 1 aromatic carbocycles. The molecule has 7 heteroatoms. The number of thiophene rings is 1. The fourth-order valence-electron chi connectivity index (χ4n) is 2.63. The molecule has 1 unspecified atom stereocenters. The summed E-state index contributed by atoms with van der Waals surface area (Å²) < 4.78 is 0. The van der Waals surface area contributed by atoms with E-state index in [9.17, 15) is 4.79 Å². The highest BCUT2D eigenvalue weighted by Crippen LogP contribution is 2.20. The fourth-order valence-corrected chi connectivity index (χ4v) is 3.28. The summed E-state index contributed by atoms with van der Waals surface area (Å²) in [5, 5.41) is 8.68. The number of carbonyl (C=O) groups excluding carboxylic acids is 1. The first kappa shape index (κ1) is 18.7. The SMILES string of the molecule is CN=C(NCc1cccs1)NC1CC(=O)N(c2ccccc2)C1.I. The molecule has 2 aromatic rings. The number of anilines is 1. The third-order valence-corrected chi connectivity index (χ3v) is 4.64. The Balaban J connectivity index is 0.00000208. The standard InChI is InChI=1S/C17H20N4OS.HI/c1-18-17(19-11-15-8-5-9-23-15)20-13-10-16(22)21(12-13)14-6-3-2-4-7-14;/h2-9,13H,10-12H2,1H3,(H2,18,19,20);1H. The maximum Gasteiger partial charge on any atom is 0.229 e. The van der Waals surface area contributed by atoms with Gasteiger partial charge in [0.15, 0.2) is 5.96 Å². The van der Waals surface area contributed by atoms with Crippen LogP contribution in [0.4, 0.5) is 5.69 Å². The average Bonchev–Trinajstić information content (AvgIpc) is 3.22. The first-order valence-corrected chi connectivity index (χ1v) is 8.49. The minimum atomic E-state index is 0. The quantitative estimate of drug-likeness (QED) is 0.423. The third-order valence-electron chi connectivity index (χ3n) is 3.77. The zero-order valence-electron chi connectivity index (χ0n) is 13.4. The van der Waals surface area contributed by atoms with E-state index < -0.39 is 0 Å². The zero-order chi connectivity index (χ0) is 16.1. The minimum Gasteiger partial charge on any atom is -0.352 e. The van der Waals surface area contributed by atoms with E-state index in [-0.39, 0.29) is 35.9 Å². The topological polar surface area (TPSA) is 56.7 Å². The van der Waals surface area contributed by atoms with Crippen LogP contribution in [0.3, 0.4) is 0 Å². The van der Waals surface area contributed by atoms with E-state index in [1.807, 2.05) is 41.3 Å². The van der Waals surface area contributed by atoms with Gasteiger partial charge in [-0.05, 0) is 23.6 Å². The summed E-state index contributed by atoms with van der Waals surface area (Å²) >= 11 is 1.71. The van der Waals surface area contributed by atoms with Crippen LogP contribution in [0, 0.1) is 0 Å². The Morgan fingerprint density at radius 1 is 1.29 bits per heavy atom. The van der Waals surface area contributed by atoms with Gasteiger partial charge in [0.2, 0.25) is 5.91 Å². The summed E-state index contributed by atoms with van der Waals surface area (Å²) in [5.41, 5.74) is 0.948. The van der Waals surface area contributed by atoms with Crippen molar-refractivity contribution in [1.82, 2.24) is 10.6 Å². The summed E-state index contributed by atoms with van der Waals surface area (Å²) in [5.74, 6) is 0.869. The number of hydrogen-bond acceptors (Lipinski definition) is 3. The molecule has 1 aromatic heterocycles. The monoisotopic (exact) mass is 456 g/mol. The van der Waals surface area contributed by atoms with Crippen molar-refractivity contribution < 1.29 is 4.79 Å². The van der Waals surface area contributed by atoms with Crippen molar-refractivity contribution in [3.63, 3.8) is 0 Å². The number of hydrogen-bond donors (Lipinski definition) is 2. The fraction of sp³-hybridized carbons (Fsp3) is 0.294. The average molecular weight is 456 g/mol. The second kappa shape index (κ2) is 9.03. The predicted octanol–water partition coefficient (Wildman–Crippen LogP) is 2.84. The van der Waals surface area contributed by atoms with Gasteiger partial charge in [0.05, 0.1) is 12.6 Å². The lowest BCUT2D eigenvalue weighted by molar-refractivity contribution is -0.117. The van der Waals surface area contributed by atoms with Gasteiger partial charge in [-0.1, -0.05) is 24.3 Å². The smallest absolute Gasteiger partial charge is 0.229 e. The number of halogens is 1. The summed E-state index contributed by atoms with van der Waals surface area (Å²) in [6.07, 6.45) is 0.481. The lowest BCUT2D eigenvalue weighted by Gasteiger charge is -2.18. The molecule has 0 aliphatic carbocycles. The van der Waals surface area contributed by atoms with E-state index in [1.54, 1.807) is 18.4 Å². The van der Waals surface area contributed by atoms with Crippen molar-refractivity contribution in [1.29, 1.82) is 0 Å². The molecule has 3 rings (SSSR count).